The number of ether oxygens (including phenoxy) is 3. The number of carbonyl (C=O) groups excluding carboxylic acids is 1. The van der Waals surface area contributed by atoms with Gasteiger partial charge in [-0.15, -0.1) is 0 Å². The molecule has 0 aromatic heterocycles. The van der Waals surface area contributed by atoms with Crippen molar-refractivity contribution in [3.05, 3.63) is 29.6 Å². The van der Waals surface area contributed by atoms with Crippen molar-refractivity contribution in [3.63, 3.8) is 0 Å². The minimum absolute atomic E-state index is 0.0801. The summed E-state index contributed by atoms with van der Waals surface area (Å²) in [6, 6.07) is 3.77. The van der Waals surface area contributed by atoms with E-state index in [4.69, 9.17) is 14.2 Å². The lowest BCUT2D eigenvalue weighted by Gasteiger charge is -2.19. The van der Waals surface area contributed by atoms with Crippen molar-refractivity contribution in [2.45, 2.75) is 31.5 Å². The summed E-state index contributed by atoms with van der Waals surface area (Å²) >= 11 is 0. The van der Waals surface area contributed by atoms with E-state index in [-0.39, 0.29) is 17.8 Å². The van der Waals surface area contributed by atoms with Crippen LogP contribution in [0.5, 0.6) is 5.75 Å². The molecule has 0 unspecified atom stereocenters. The number of halogens is 1. The topological polar surface area (TPSA) is 44.8 Å². The van der Waals surface area contributed by atoms with E-state index in [0.29, 0.717) is 5.75 Å². The van der Waals surface area contributed by atoms with E-state index >= 15 is 0 Å². The van der Waals surface area contributed by atoms with Crippen LogP contribution in [0.25, 0.3) is 0 Å². The van der Waals surface area contributed by atoms with Crippen LogP contribution in [-0.2, 0) is 9.47 Å². The number of benzene rings is 1. The molecule has 1 aromatic carbocycles. The molecule has 2 rings (SSSR count). The maximum Gasteiger partial charge on any atom is 0.342 e. The predicted molar refractivity (Wildman–Crippen MR) is 66.8 cm³/mol. The molecule has 0 bridgehead atoms. The van der Waals surface area contributed by atoms with Crippen LogP contribution in [0.2, 0.25) is 0 Å². The Hall–Kier alpha value is -1.62. The van der Waals surface area contributed by atoms with Crippen molar-refractivity contribution >= 4 is 5.97 Å². The van der Waals surface area contributed by atoms with E-state index in [2.05, 4.69) is 0 Å². The zero-order valence-electron chi connectivity index (χ0n) is 11.0. The summed E-state index contributed by atoms with van der Waals surface area (Å²) < 4.78 is 28.9. The van der Waals surface area contributed by atoms with Crippen molar-refractivity contribution in [2.24, 2.45) is 0 Å². The molecule has 0 radical (unpaired) electrons. The fourth-order valence-electron chi connectivity index (χ4n) is 2.34. The molecule has 0 N–H and O–H groups in total. The molecule has 0 aliphatic heterocycles. The van der Waals surface area contributed by atoms with Crippen LogP contribution >= 0.6 is 0 Å². The zero-order valence-corrected chi connectivity index (χ0v) is 11.0. The third-order valence-electron chi connectivity index (χ3n) is 3.33. The second kappa shape index (κ2) is 6.02. The second-order valence-corrected chi connectivity index (χ2v) is 4.49. The molecule has 2 atom stereocenters. The lowest BCUT2D eigenvalue weighted by atomic mass is 10.2. The first-order valence-electron chi connectivity index (χ1n) is 6.23. The van der Waals surface area contributed by atoms with Gasteiger partial charge in [-0.1, -0.05) is 0 Å². The van der Waals surface area contributed by atoms with Gasteiger partial charge in [-0.2, -0.15) is 0 Å². The minimum Gasteiger partial charge on any atom is -0.496 e. The lowest BCUT2D eigenvalue weighted by molar-refractivity contribution is -0.0208. The first-order valence-corrected chi connectivity index (χ1v) is 6.23. The van der Waals surface area contributed by atoms with Crippen LogP contribution in [0.15, 0.2) is 18.2 Å². The summed E-state index contributed by atoms with van der Waals surface area (Å²) in [6.45, 7) is 0. The Balaban J connectivity index is 2.13. The van der Waals surface area contributed by atoms with Crippen molar-refractivity contribution < 1.29 is 23.4 Å². The molecular weight excluding hydrogens is 251 g/mol. The predicted octanol–water partition coefficient (Wildman–Crippen LogP) is 2.56. The standard InChI is InChI=1S/C14H17FO4/c1-17-11-7-6-9(15)8-10(11)14(16)19-13-5-3-4-12(13)18-2/h6-8,12-13H,3-5H2,1-2H3/t12-,13+/m0/s1. The van der Waals surface area contributed by atoms with Gasteiger partial charge in [0.1, 0.15) is 23.2 Å². The van der Waals surface area contributed by atoms with Crippen LogP contribution in [0, 0.1) is 5.82 Å². The molecule has 1 aliphatic rings. The van der Waals surface area contributed by atoms with Gasteiger partial charge in [0.15, 0.2) is 0 Å². The van der Waals surface area contributed by atoms with E-state index < -0.39 is 11.8 Å². The summed E-state index contributed by atoms with van der Waals surface area (Å²) in [6.07, 6.45) is 2.24. The van der Waals surface area contributed by atoms with Gasteiger partial charge in [-0.05, 0) is 37.5 Å². The first-order chi connectivity index (χ1) is 9.15. The van der Waals surface area contributed by atoms with Crippen LogP contribution in [-0.4, -0.2) is 32.4 Å². The number of esters is 1. The van der Waals surface area contributed by atoms with Crippen LogP contribution in [0.3, 0.4) is 0 Å². The highest BCUT2D eigenvalue weighted by Gasteiger charge is 2.31. The number of hydrogen-bond donors (Lipinski definition) is 0. The summed E-state index contributed by atoms with van der Waals surface area (Å²) in [5.74, 6) is -0.772. The number of hydrogen-bond acceptors (Lipinski definition) is 4. The smallest absolute Gasteiger partial charge is 0.342 e. The van der Waals surface area contributed by atoms with E-state index in [1.807, 2.05) is 0 Å². The van der Waals surface area contributed by atoms with E-state index in [1.165, 1.54) is 19.2 Å². The third-order valence-corrected chi connectivity index (χ3v) is 3.33. The average molecular weight is 268 g/mol. The fraction of sp³-hybridized carbons (Fsp3) is 0.500. The quantitative estimate of drug-likeness (QED) is 0.787. The van der Waals surface area contributed by atoms with Gasteiger partial charge in [0, 0.05) is 7.11 Å². The monoisotopic (exact) mass is 268 g/mol. The van der Waals surface area contributed by atoms with Crippen LogP contribution < -0.4 is 4.74 Å². The first kappa shape index (κ1) is 13.8. The molecule has 0 heterocycles. The van der Waals surface area contributed by atoms with Gasteiger partial charge in [0.05, 0.1) is 13.2 Å². The van der Waals surface area contributed by atoms with Gasteiger partial charge in [-0.3, -0.25) is 0 Å². The number of carbonyl (C=O) groups is 1. The molecule has 1 aliphatic carbocycles. The zero-order chi connectivity index (χ0) is 13.8. The molecule has 1 aromatic rings. The van der Waals surface area contributed by atoms with E-state index in [9.17, 15) is 9.18 Å². The van der Waals surface area contributed by atoms with Crippen molar-refractivity contribution in [1.82, 2.24) is 0 Å². The molecule has 19 heavy (non-hydrogen) atoms. The summed E-state index contributed by atoms with van der Waals surface area (Å²) in [5, 5.41) is 0. The molecule has 1 fully saturated rings. The fourth-order valence-corrected chi connectivity index (χ4v) is 2.34. The molecule has 5 heteroatoms. The Bertz CT molecular complexity index is 461. The van der Waals surface area contributed by atoms with Crippen LogP contribution in [0.1, 0.15) is 29.6 Å². The van der Waals surface area contributed by atoms with E-state index in [0.717, 1.165) is 25.3 Å². The second-order valence-electron chi connectivity index (χ2n) is 4.49. The highest BCUT2D eigenvalue weighted by atomic mass is 19.1. The minimum atomic E-state index is -0.578. The summed E-state index contributed by atoms with van der Waals surface area (Å²) in [7, 11) is 3.02. The Morgan fingerprint density at radius 3 is 2.68 bits per heavy atom. The summed E-state index contributed by atoms with van der Waals surface area (Å²) in [4.78, 5) is 12.1. The maximum absolute atomic E-state index is 13.2. The van der Waals surface area contributed by atoms with Gasteiger partial charge >= 0.3 is 5.97 Å². The Labute approximate surface area is 111 Å². The molecule has 0 spiro atoms. The van der Waals surface area contributed by atoms with Crippen LogP contribution in [0.4, 0.5) is 4.39 Å². The molecule has 104 valence electrons. The molecule has 4 nitrogen and oxygen atoms in total. The van der Waals surface area contributed by atoms with Gasteiger partial charge in [0.2, 0.25) is 0 Å². The van der Waals surface area contributed by atoms with Gasteiger partial charge in [0.25, 0.3) is 0 Å². The molecule has 0 saturated heterocycles. The molecule has 0 amide bonds. The van der Waals surface area contributed by atoms with Crippen molar-refractivity contribution in [2.75, 3.05) is 14.2 Å². The van der Waals surface area contributed by atoms with Crippen molar-refractivity contribution in [1.29, 1.82) is 0 Å². The SMILES string of the molecule is COc1ccc(F)cc1C(=O)O[C@@H]1CCC[C@@H]1OC. The number of methoxy groups -OCH3 is 2. The number of rotatable bonds is 4. The highest BCUT2D eigenvalue weighted by molar-refractivity contribution is 5.92. The largest absolute Gasteiger partial charge is 0.496 e. The van der Waals surface area contributed by atoms with E-state index in [1.54, 1.807) is 7.11 Å². The van der Waals surface area contributed by atoms with Gasteiger partial charge < -0.3 is 14.2 Å². The average Bonchev–Trinajstić information content (AvgIpc) is 2.85. The summed E-state index contributed by atoms with van der Waals surface area (Å²) in [5.41, 5.74) is 0.101. The van der Waals surface area contributed by atoms with Crippen molar-refractivity contribution in [3.8, 4) is 5.75 Å². The van der Waals surface area contributed by atoms with Gasteiger partial charge in [-0.25, -0.2) is 9.18 Å². The highest BCUT2D eigenvalue weighted by Crippen LogP contribution is 2.27. The maximum atomic E-state index is 13.2. The lowest BCUT2D eigenvalue weighted by Crippen LogP contribution is -2.27. The Morgan fingerprint density at radius 2 is 2.00 bits per heavy atom. The molecule has 1 saturated carbocycles. The normalized spacial score (nSPS) is 22.3. The Morgan fingerprint density at radius 1 is 1.26 bits per heavy atom. The Kier molecular flexibility index (Phi) is 4.37. The molecular formula is C14H17FO4. The third kappa shape index (κ3) is 3.04.